The van der Waals surface area contributed by atoms with Gasteiger partial charge in [0.25, 0.3) is 0 Å². The van der Waals surface area contributed by atoms with Crippen molar-refractivity contribution in [1.82, 2.24) is 0 Å². The first kappa shape index (κ1) is 12.4. The third kappa shape index (κ3) is 2.79. The lowest BCUT2D eigenvalue weighted by molar-refractivity contribution is 0.103. The molecule has 0 amide bonds. The van der Waals surface area contributed by atoms with Gasteiger partial charge in [-0.1, -0.05) is 23.7 Å². The topological polar surface area (TPSA) is 43.1 Å². The maximum Gasteiger partial charge on any atom is 0.193 e. The molecule has 0 aliphatic heterocycles. The van der Waals surface area contributed by atoms with Crippen molar-refractivity contribution in [2.75, 3.05) is 5.73 Å². The lowest BCUT2D eigenvalue weighted by atomic mass is 10.0. The summed E-state index contributed by atoms with van der Waals surface area (Å²) < 4.78 is 1.02. The van der Waals surface area contributed by atoms with E-state index < -0.39 is 0 Å². The minimum atomic E-state index is -0.0505. The molecule has 0 saturated carbocycles. The average Bonchev–Trinajstić information content (AvgIpc) is 2.32. The fourth-order valence-electron chi connectivity index (χ4n) is 1.46. The summed E-state index contributed by atoms with van der Waals surface area (Å²) >= 11 is 8.07. The summed E-state index contributed by atoms with van der Waals surface area (Å²) in [5, 5.41) is 0.404. The number of carbonyl (C=O) groups is 1. The van der Waals surface area contributed by atoms with Gasteiger partial charge in [0.1, 0.15) is 0 Å². The third-order valence-corrected chi connectivity index (χ3v) is 3.35. The van der Waals surface area contributed by atoms with Gasteiger partial charge in [-0.2, -0.15) is 0 Å². The van der Waals surface area contributed by atoms with E-state index in [-0.39, 0.29) is 5.78 Å². The number of nitrogens with two attached hydrogens (primary N) is 1. The van der Waals surface area contributed by atoms with Gasteiger partial charge in [0.2, 0.25) is 0 Å². The fourth-order valence-corrected chi connectivity index (χ4v) is 2.19. The zero-order chi connectivity index (χ0) is 12.4. The number of hydrogen-bond donors (Lipinski definition) is 1. The van der Waals surface area contributed by atoms with Gasteiger partial charge >= 0.3 is 0 Å². The van der Waals surface area contributed by atoms with Crippen LogP contribution in [0.15, 0.2) is 42.5 Å². The summed E-state index contributed by atoms with van der Waals surface area (Å²) in [5.41, 5.74) is 7.28. The zero-order valence-corrected chi connectivity index (χ0v) is 11.7. The second-order valence-electron chi connectivity index (χ2n) is 3.58. The van der Waals surface area contributed by atoms with E-state index in [1.807, 2.05) is 18.2 Å². The van der Waals surface area contributed by atoms with Crippen LogP contribution in [-0.2, 0) is 0 Å². The second-order valence-corrected chi connectivity index (χ2v) is 5.23. The van der Waals surface area contributed by atoms with E-state index >= 15 is 0 Å². The number of rotatable bonds is 2. The van der Waals surface area contributed by atoms with Crippen LogP contribution < -0.4 is 5.73 Å². The van der Waals surface area contributed by atoms with Gasteiger partial charge in [-0.25, -0.2) is 0 Å². The van der Waals surface area contributed by atoms with Crippen LogP contribution in [0.1, 0.15) is 15.9 Å². The third-order valence-electron chi connectivity index (χ3n) is 2.35. The molecule has 0 radical (unpaired) electrons. The molecule has 2 aromatic carbocycles. The highest BCUT2D eigenvalue weighted by Crippen LogP contribution is 2.21. The number of ketones is 1. The Bertz CT molecular complexity index is 583. The summed E-state index contributed by atoms with van der Waals surface area (Å²) in [4.78, 5) is 12.2. The first-order chi connectivity index (χ1) is 8.08. The molecule has 17 heavy (non-hydrogen) atoms. The molecule has 0 bridgehead atoms. The fraction of sp³-hybridized carbons (Fsp3) is 0. The van der Waals surface area contributed by atoms with E-state index in [1.165, 1.54) is 0 Å². The lowest BCUT2D eigenvalue weighted by Crippen LogP contribution is -2.02. The summed E-state index contributed by atoms with van der Waals surface area (Å²) in [5.74, 6) is -0.0505. The minimum absolute atomic E-state index is 0.0505. The molecule has 0 fully saturated rings. The Labute approximate surface area is 118 Å². The Morgan fingerprint density at radius 3 is 2.47 bits per heavy atom. The molecule has 0 unspecified atom stereocenters. The zero-order valence-electron chi connectivity index (χ0n) is 8.78. The summed E-state index contributed by atoms with van der Waals surface area (Å²) in [6.45, 7) is 0. The van der Waals surface area contributed by atoms with Gasteiger partial charge in [-0.05, 0) is 52.9 Å². The molecule has 2 aromatic rings. The SMILES string of the molecule is Nc1ccc(C(=O)c2cccc(I)c2)cc1Cl. The summed E-state index contributed by atoms with van der Waals surface area (Å²) in [7, 11) is 0. The van der Waals surface area contributed by atoms with Crippen LogP contribution in [0, 0.1) is 3.57 Å². The molecule has 0 aromatic heterocycles. The Morgan fingerprint density at radius 1 is 1.12 bits per heavy atom. The maximum absolute atomic E-state index is 12.2. The monoisotopic (exact) mass is 357 g/mol. The molecular formula is C13H9ClINO. The van der Waals surface area contributed by atoms with Crippen LogP contribution in [0.4, 0.5) is 5.69 Å². The van der Waals surface area contributed by atoms with Gasteiger partial charge < -0.3 is 5.73 Å². The molecular weight excluding hydrogens is 349 g/mol. The van der Waals surface area contributed by atoms with Crippen molar-refractivity contribution in [3.63, 3.8) is 0 Å². The second kappa shape index (κ2) is 5.06. The normalized spacial score (nSPS) is 10.2. The average molecular weight is 358 g/mol. The highest BCUT2D eigenvalue weighted by Gasteiger charge is 2.10. The van der Waals surface area contributed by atoms with Crippen molar-refractivity contribution in [3.8, 4) is 0 Å². The molecule has 86 valence electrons. The van der Waals surface area contributed by atoms with Gasteiger partial charge in [0.15, 0.2) is 5.78 Å². The molecule has 0 atom stereocenters. The van der Waals surface area contributed by atoms with E-state index in [4.69, 9.17) is 17.3 Å². The molecule has 4 heteroatoms. The standard InChI is InChI=1S/C13H9ClINO/c14-11-7-9(4-5-12(11)16)13(17)8-2-1-3-10(15)6-8/h1-7H,16H2. The van der Waals surface area contributed by atoms with E-state index in [1.54, 1.807) is 24.3 Å². The number of hydrogen-bond acceptors (Lipinski definition) is 2. The summed E-state index contributed by atoms with van der Waals surface area (Å²) in [6.07, 6.45) is 0. The van der Waals surface area contributed by atoms with Crippen molar-refractivity contribution in [1.29, 1.82) is 0 Å². The molecule has 0 heterocycles. The van der Waals surface area contributed by atoms with Gasteiger partial charge in [0.05, 0.1) is 10.7 Å². The maximum atomic E-state index is 12.2. The van der Waals surface area contributed by atoms with Crippen molar-refractivity contribution in [2.24, 2.45) is 0 Å². The molecule has 0 aliphatic rings. The first-order valence-electron chi connectivity index (χ1n) is 4.93. The smallest absolute Gasteiger partial charge is 0.193 e. The largest absolute Gasteiger partial charge is 0.398 e. The minimum Gasteiger partial charge on any atom is -0.398 e. The molecule has 2 rings (SSSR count). The lowest BCUT2D eigenvalue weighted by Gasteiger charge is -2.04. The molecule has 2 N–H and O–H groups in total. The number of carbonyl (C=O) groups excluding carboxylic acids is 1. The first-order valence-corrected chi connectivity index (χ1v) is 6.39. The van der Waals surface area contributed by atoms with E-state index in [9.17, 15) is 4.79 Å². The quantitative estimate of drug-likeness (QED) is 0.505. The number of benzene rings is 2. The Morgan fingerprint density at radius 2 is 1.82 bits per heavy atom. The molecule has 0 aliphatic carbocycles. The van der Waals surface area contributed by atoms with Gasteiger partial charge in [-0.15, -0.1) is 0 Å². The van der Waals surface area contributed by atoms with E-state index in [2.05, 4.69) is 22.6 Å². The van der Waals surface area contributed by atoms with Crippen LogP contribution in [0.5, 0.6) is 0 Å². The van der Waals surface area contributed by atoms with Crippen LogP contribution in [0.2, 0.25) is 5.02 Å². The number of halogens is 2. The molecule has 0 saturated heterocycles. The van der Waals surface area contributed by atoms with E-state index in [0.29, 0.717) is 21.8 Å². The highest BCUT2D eigenvalue weighted by molar-refractivity contribution is 14.1. The predicted molar refractivity (Wildman–Crippen MR) is 78.5 cm³/mol. The van der Waals surface area contributed by atoms with Crippen LogP contribution in [-0.4, -0.2) is 5.78 Å². The van der Waals surface area contributed by atoms with Crippen LogP contribution >= 0.6 is 34.2 Å². The number of anilines is 1. The predicted octanol–water partition coefficient (Wildman–Crippen LogP) is 3.76. The van der Waals surface area contributed by atoms with Crippen molar-refractivity contribution < 1.29 is 4.79 Å². The highest BCUT2D eigenvalue weighted by atomic mass is 127. The van der Waals surface area contributed by atoms with Crippen molar-refractivity contribution in [3.05, 3.63) is 62.2 Å². The van der Waals surface area contributed by atoms with Gasteiger partial charge in [-0.3, -0.25) is 4.79 Å². The Kier molecular flexibility index (Phi) is 3.69. The van der Waals surface area contributed by atoms with Crippen LogP contribution in [0.3, 0.4) is 0 Å². The van der Waals surface area contributed by atoms with Gasteiger partial charge in [0, 0.05) is 14.7 Å². The molecule has 2 nitrogen and oxygen atoms in total. The molecule has 0 spiro atoms. The van der Waals surface area contributed by atoms with Crippen molar-refractivity contribution >= 4 is 45.7 Å². The van der Waals surface area contributed by atoms with Crippen LogP contribution in [0.25, 0.3) is 0 Å². The Hall–Kier alpha value is -1.07. The van der Waals surface area contributed by atoms with E-state index in [0.717, 1.165) is 3.57 Å². The Balaban J connectivity index is 2.40. The van der Waals surface area contributed by atoms with Crippen molar-refractivity contribution in [2.45, 2.75) is 0 Å². The summed E-state index contributed by atoms with van der Waals surface area (Å²) in [6, 6.07) is 12.3. The number of nitrogen functional groups attached to an aromatic ring is 1.